The van der Waals surface area contributed by atoms with Crippen molar-refractivity contribution in [3.8, 4) is 0 Å². The van der Waals surface area contributed by atoms with Gasteiger partial charge in [-0.3, -0.25) is 9.48 Å². The first kappa shape index (κ1) is 10.7. The summed E-state index contributed by atoms with van der Waals surface area (Å²) in [5, 5.41) is 4.05. The van der Waals surface area contributed by atoms with Crippen LogP contribution in [0, 0.1) is 6.92 Å². The Balaban J connectivity index is 2.78. The highest BCUT2D eigenvalue weighted by molar-refractivity contribution is 5.70. The van der Waals surface area contributed by atoms with Gasteiger partial charge in [0.2, 0.25) is 0 Å². The highest BCUT2D eigenvalue weighted by atomic mass is 16.5. The summed E-state index contributed by atoms with van der Waals surface area (Å²) >= 11 is 0. The van der Waals surface area contributed by atoms with Gasteiger partial charge in [0.25, 0.3) is 0 Å². The van der Waals surface area contributed by atoms with Crippen LogP contribution in [0.2, 0.25) is 0 Å². The second kappa shape index (κ2) is 4.23. The molecule has 1 atom stereocenters. The Hall–Kier alpha value is -1.36. The fourth-order valence-corrected chi connectivity index (χ4v) is 1.45. The zero-order valence-corrected chi connectivity index (χ0v) is 8.65. The average molecular weight is 197 g/mol. The number of nitrogens with two attached hydrogens (primary N) is 1. The molecule has 0 aromatic carbocycles. The largest absolute Gasteiger partial charge is 0.469 e. The summed E-state index contributed by atoms with van der Waals surface area (Å²) < 4.78 is 6.23. The van der Waals surface area contributed by atoms with E-state index in [2.05, 4.69) is 9.84 Å². The molecule has 0 saturated carbocycles. The van der Waals surface area contributed by atoms with E-state index in [9.17, 15) is 4.79 Å². The Kier molecular flexibility index (Phi) is 3.24. The van der Waals surface area contributed by atoms with E-state index in [1.807, 2.05) is 6.92 Å². The molecule has 0 aliphatic heterocycles. The first-order valence-electron chi connectivity index (χ1n) is 4.37. The summed E-state index contributed by atoms with van der Waals surface area (Å²) in [7, 11) is 3.16. The summed E-state index contributed by atoms with van der Waals surface area (Å²) in [6, 6.07) is -0.352. The van der Waals surface area contributed by atoms with Gasteiger partial charge in [-0.1, -0.05) is 0 Å². The molecule has 0 spiro atoms. The van der Waals surface area contributed by atoms with Gasteiger partial charge in [0.15, 0.2) is 0 Å². The van der Waals surface area contributed by atoms with Crippen LogP contribution in [0.4, 0.5) is 0 Å². The van der Waals surface area contributed by atoms with Crippen molar-refractivity contribution in [3.63, 3.8) is 0 Å². The maximum atomic E-state index is 11.0. The van der Waals surface area contributed by atoms with E-state index in [0.29, 0.717) is 0 Å². The lowest BCUT2D eigenvalue weighted by Gasteiger charge is -2.11. The molecule has 78 valence electrons. The smallest absolute Gasteiger partial charge is 0.307 e. The lowest BCUT2D eigenvalue weighted by molar-refractivity contribution is -0.141. The number of carbonyl (C=O) groups excluding carboxylic acids is 1. The minimum Gasteiger partial charge on any atom is -0.469 e. The Morgan fingerprint density at radius 1 is 1.79 bits per heavy atom. The monoisotopic (exact) mass is 197 g/mol. The van der Waals surface area contributed by atoms with E-state index in [1.54, 1.807) is 17.9 Å². The molecule has 0 fully saturated rings. The highest BCUT2D eigenvalue weighted by Crippen LogP contribution is 2.17. The number of nitrogens with zero attached hydrogens (tertiary/aromatic N) is 2. The van der Waals surface area contributed by atoms with Crippen molar-refractivity contribution in [3.05, 3.63) is 17.5 Å². The number of carbonyl (C=O) groups is 1. The summed E-state index contributed by atoms with van der Waals surface area (Å²) in [5.74, 6) is -0.307. The molecule has 1 heterocycles. The van der Waals surface area contributed by atoms with Crippen molar-refractivity contribution in [1.29, 1.82) is 0 Å². The predicted molar refractivity (Wildman–Crippen MR) is 51.5 cm³/mol. The first-order chi connectivity index (χ1) is 6.56. The van der Waals surface area contributed by atoms with Gasteiger partial charge in [-0.15, -0.1) is 0 Å². The van der Waals surface area contributed by atoms with Crippen LogP contribution in [0.25, 0.3) is 0 Å². The Labute approximate surface area is 82.8 Å². The fourth-order valence-electron chi connectivity index (χ4n) is 1.45. The van der Waals surface area contributed by atoms with E-state index in [-0.39, 0.29) is 18.4 Å². The number of aromatic nitrogens is 2. The van der Waals surface area contributed by atoms with E-state index < -0.39 is 0 Å². The number of hydrogen-bond acceptors (Lipinski definition) is 4. The quantitative estimate of drug-likeness (QED) is 0.707. The van der Waals surface area contributed by atoms with Gasteiger partial charge in [0.1, 0.15) is 0 Å². The molecule has 1 aromatic rings. The minimum absolute atomic E-state index is 0.177. The van der Waals surface area contributed by atoms with Gasteiger partial charge in [-0.05, 0) is 12.5 Å². The maximum absolute atomic E-state index is 11.0. The predicted octanol–water partition coefficient (Wildman–Crippen LogP) is 0.291. The molecule has 0 radical (unpaired) electrons. The van der Waals surface area contributed by atoms with E-state index in [1.165, 1.54) is 7.11 Å². The third-order valence-electron chi connectivity index (χ3n) is 2.14. The van der Waals surface area contributed by atoms with Crippen LogP contribution >= 0.6 is 0 Å². The van der Waals surface area contributed by atoms with Crippen LogP contribution in [0.3, 0.4) is 0 Å². The summed E-state index contributed by atoms with van der Waals surface area (Å²) in [6.45, 7) is 1.92. The first-order valence-corrected chi connectivity index (χ1v) is 4.37. The molecule has 0 amide bonds. The lowest BCUT2D eigenvalue weighted by atomic mass is 10.1. The second-order valence-electron chi connectivity index (χ2n) is 3.22. The van der Waals surface area contributed by atoms with Crippen molar-refractivity contribution < 1.29 is 9.53 Å². The molecule has 0 saturated heterocycles. The number of esters is 1. The Bertz CT molecular complexity index is 313. The molecular formula is C9H15N3O2. The molecule has 0 bridgehead atoms. The maximum Gasteiger partial charge on any atom is 0.307 e. The summed E-state index contributed by atoms with van der Waals surface area (Å²) in [5.41, 5.74) is 7.72. The molecular weight excluding hydrogens is 182 g/mol. The standard InChI is InChI=1S/C9H15N3O2/c1-6-5-11-12(2)9(6)7(10)4-8(13)14-3/h5,7H,4,10H2,1-3H3/t7-/m1/s1. The van der Waals surface area contributed by atoms with Gasteiger partial charge in [-0.25, -0.2) is 0 Å². The van der Waals surface area contributed by atoms with Crippen molar-refractivity contribution in [1.82, 2.24) is 9.78 Å². The summed E-state index contributed by atoms with van der Waals surface area (Å²) in [4.78, 5) is 11.0. The van der Waals surface area contributed by atoms with Crippen molar-refractivity contribution in [2.45, 2.75) is 19.4 Å². The van der Waals surface area contributed by atoms with E-state index in [0.717, 1.165) is 11.3 Å². The van der Waals surface area contributed by atoms with Gasteiger partial charge in [-0.2, -0.15) is 5.10 Å². The molecule has 0 aliphatic carbocycles. The molecule has 0 unspecified atom stereocenters. The number of hydrogen-bond donors (Lipinski definition) is 1. The molecule has 1 aromatic heterocycles. The van der Waals surface area contributed by atoms with Crippen molar-refractivity contribution >= 4 is 5.97 Å². The molecule has 2 N–H and O–H groups in total. The minimum atomic E-state index is -0.352. The number of rotatable bonds is 3. The molecule has 14 heavy (non-hydrogen) atoms. The average Bonchev–Trinajstić information content (AvgIpc) is 2.46. The van der Waals surface area contributed by atoms with Gasteiger partial charge in [0, 0.05) is 7.05 Å². The zero-order chi connectivity index (χ0) is 10.7. The molecule has 5 heteroatoms. The van der Waals surface area contributed by atoms with Gasteiger partial charge >= 0.3 is 5.97 Å². The van der Waals surface area contributed by atoms with Crippen LogP contribution in [0.5, 0.6) is 0 Å². The summed E-state index contributed by atoms with van der Waals surface area (Å²) in [6.07, 6.45) is 1.91. The SMILES string of the molecule is COC(=O)C[C@@H](N)c1c(C)cnn1C. The van der Waals surface area contributed by atoms with Gasteiger partial charge in [0.05, 0.1) is 31.5 Å². The van der Waals surface area contributed by atoms with Crippen molar-refractivity contribution in [2.24, 2.45) is 12.8 Å². The molecule has 5 nitrogen and oxygen atoms in total. The number of aryl methyl sites for hydroxylation is 2. The molecule has 0 aliphatic rings. The molecule has 1 rings (SSSR count). The van der Waals surface area contributed by atoms with Gasteiger partial charge < -0.3 is 10.5 Å². The lowest BCUT2D eigenvalue weighted by Crippen LogP contribution is -2.20. The third-order valence-corrected chi connectivity index (χ3v) is 2.14. The Morgan fingerprint density at radius 3 is 2.86 bits per heavy atom. The normalized spacial score (nSPS) is 12.6. The van der Waals surface area contributed by atoms with Crippen molar-refractivity contribution in [2.75, 3.05) is 7.11 Å². The van der Waals surface area contributed by atoms with Crippen LogP contribution < -0.4 is 5.73 Å². The highest BCUT2D eigenvalue weighted by Gasteiger charge is 2.17. The topological polar surface area (TPSA) is 70.1 Å². The number of methoxy groups -OCH3 is 1. The van der Waals surface area contributed by atoms with Crippen LogP contribution in [-0.2, 0) is 16.6 Å². The zero-order valence-electron chi connectivity index (χ0n) is 8.65. The second-order valence-corrected chi connectivity index (χ2v) is 3.22. The Morgan fingerprint density at radius 2 is 2.43 bits per heavy atom. The third kappa shape index (κ3) is 2.11. The fraction of sp³-hybridized carbons (Fsp3) is 0.556. The van der Waals surface area contributed by atoms with Crippen LogP contribution in [0.15, 0.2) is 6.20 Å². The van der Waals surface area contributed by atoms with Crippen LogP contribution in [-0.4, -0.2) is 22.9 Å². The number of ether oxygens (including phenoxy) is 1. The van der Waals surface area contributed by atoms with Crippen LogP contribution in [0.1, 0.15) is 23.7 Å². The van der Waals surface area contributed by atoms with E-state index >= 15 is 0 Å². The van der Waals surface area contributed by atoms with E-state index in [4.69, 9.17) is 5.73 Å².